The largest absolute Gasteiger partial charge is 0.398 e. The van der Waals surface area contributed by atoms with E-state index in [4.69, 9.17) is 5.73 Å². The Morgan fingerprint density at radius 1 is 1.06 bits per heavy atom. The van der Waals surface area contributed by atoms with Gasteiger partial charge in [0.2, 0.25) is 0 Å². The summed E-state index contributed by atoms with van der Waals surface area (Å²) in [5, 5.41) is 0. The van der Waals surface area contributed by atoms with Crippen molar-refractivity contribution in [1.82, 2.24) is 0 Å². The minimum absolute atomic E-state index is 0.223. The molecule has 2 N–H and O–H groups in total. The van der Waals surface area contributed by atoms with Crippen molar-refractivity contribution in [3.8, 4) is 11.1 Å². The number of hydrogen-bond acceptors (Lipinski definition) is 1. The van der Waals surface area contributed by atoms with Gasteiger partial charge in [0.15, 0.2) is 0 Å². The molecule has 18 heavy (non-hydrogen) atoms. The second kappa shape index (κ2) is 4.81. The van der Waals surface area contributed by atoms with Crippen LogP contribution in [0.1, 0.15) is 30.9 Å². The van der Waals surface area contributed by atoms with Crippen molar-refractivity contribution in [3.63, 3.8) is 0 Å². The standard InChI is InChI=1S/C16H18FN/c1-10(2)12-4-6-13(7-5-12)14-9-16(18)11(3)8-15(14)17/h4-10H,18H2,1-3H3. The number of nitrogens with two attached hydrogens (primary N) is 1. The molecular weight excluding hydrogens is 225 g/mol. The summed E-state index contributed by atoms with van der Waals surface area (Å²) in [7, 11) is 0. The number of halogens is 1. The number of nitrogen functional groups attached to an aromatic ring is 1. The van der Waals surface area contributed by atoms with Crippen LogP contribution in [0.3, 0.4) is 0 Å². The molecule has 2 aromatic carbocycles. The summed E-state index contributed by atoms with van der Waals surface area (Å²) in [6.45, 7) is 6.09. The van der Waals surface area contributed by atoms with Crippen LogP contribution in [0.4, 0.5) is 10.1 Å². The van der Waals surface area contributed by atoms with Crippen molar-refractivity contribution in [2.24, 2.45) is 0 Å². The van der Waals surface area contributed by atoms with E-state index in [1.54, 1.807) is 6.07 Å². The minimum Gasteiger partial charge on any atom is -0.398 e. The van der Waals surface area contributed by atoms with Gasteiger partial charge in [-0.05, 0) is 41.7 Å². The van der Waals surface area contributed by atoms with Crippen LogP contribution in [0.2, 0.25) is 0 Å². The van der Waals surface area contributed by atoms with Crippen molar-refractivity contribution >= 4 is 5.69 Å². The molecule has 0 atom stereocenters. The van der Waals surface area contributed by atoms with Crippen LogP contribution in [-0.4, -0.2) is 0 Å². The highest BCUT2D eigenvalue weighted by Crippen LogP contribution is 2.28. The number of hydrogen-bond donors (Lipinski definition) is 1. The van der Waals surface area contributed by atoms with Gasteiger partial charge in [0.05, 0.1) is 0 Å². The van der Waals surface area contributed by atoms with Gasteiger partial charge in [0, 0.05) is 11.3 Å². The van der Waals surface area contributed by atoms with E-state index in [1.807, 2.05) is 31.2 Å². The molecule has 0 spiro atoms. The summed E-state index contributed by atoms with van der Waals surface area (Å²) in [4.78, 5) is 0. The second-order valence-corrected chi connectivity index (χ2v) is 4.97. The lowest BCUT2D eigenvalue weighted by molar-refractivity contribution is 0.630. The third-order valence-electron chi connectivity index (χ3n) is 3.24. The average Bonchev–Trinajstić information content (AvgIpc) is 2.34. The Kier molecular flexibility index (Phi) is 3.37. The van der Waals surface area contributed by atoms with Gasteiger partial charge in [-0.3, -0.25) is 0 Å². The van der Waals surface area contributed by atoms with Crippen molar-refractivity contribution in [1.29, 1.82) is 0 Å². The fourth-order valence-corrected chi connectivity index (χ4v) is 1.96. The second-order valence-electron chi connectivity index (χ2n) is 4.97. The molecule has 2 rings (SSSR count). The van der Waals surface area contributed by atoms with Gasteiger partial charge >= 0.3 is 0 Å². The summed E-state index contributed by atoms with van der Waals surface area (Å²) in [5.74, 6) is 0.256. The van der Waals surface area contributed by atoms with Gasteiger partial charge < -0.3 is 5.73 Å². The lowest BCUT2D eigenvalue weighted by Crippen LogP contribution is -1.94. The van der Waals surface area contributed by atoms with E-state index >= 15 is 0 Å². The summed E-state index contributed by atoms with van der Waals surface area (Å²) < 4.78 is 13.9. The first-order valence-corrected chi connectivity index (χ1v) is 6.15. The number of benzene rings is 2. The Hall–Kier alpha value is -1.83. The van der Waals surface area contributed by atoms with E-state index in [1.165, 1.54) is 11.6 Å². The molecule has 0 bridgehead atoms. The van der Waals surface area contributed by atoms with Crippen LogP contribution in [0.5, 0.6) is 0 Å². The minimum atomic E-state index is -0.223. The Bertz CT molecular complexity index is 556. The third-order valence-corrected chi connectivity index (χ3v) is 3.24. The van der Waals surface area contributed by atoms with Gasteiger partial charge in [0.25, 0.3) is 0 Å². The summed E-state index contributed by atoms with van der Waals surface area (Å²) >= 11 is 0. The van der Waals surface area contributed by atoms with E-state index in [2.05, 4.69) is 13.8 Å². The Morgan fingerprint density at radius 3 is 2.22 bits per heavy atom. The molecule has 0 amide bonds. The highest BCUT2D eigenvalue weighted by Gasteiger charge is 2.08. The monoisotopic (exact) mass is 243 g/mol. The smallest absolute Gasteiger partial charge is 0.131 e. The maximum Gasteiger partial charge on any atom is 0.131 e. The Balaban J connectivity index is 2.46. The maximum absolute atomic E-state index is 13.9. The Labute approximate surface area is 107 Å². The van der Waals surface area contributed by atoms with Crippen LogP contribution in [0, 0.1) is 12.7 Å². The number of aryl methyl sites for hydroxylation is 1. The molecular formula is C16H18FN. The SMILES string of the molecule is Cc1cc(F)c(-c2ccc(C(C)C)cc2)cc1N. The average molecular weight is 243 g/mol. The number of rotatable bonds is 2. The van der Waals surface area contributed by atoms with E-state index in [0.29, 0.717) is 17.2 Å². The molecule has 0 radical (unpaired) electrons. The fourth-order valence-electron chi connectivity index (χ4n) is 1.96. The lowest BCUT2D eigenvalue weighted by atomic mass is 9.97. The van der Waals surface area contributed by atoms with Crippen molar-refractivity contribution in [2.45, 2.75) is 26.7 Å². The first-order valence-electron chi connectivity index (χ1n) is 6.15. The molecule has 0 aliphatic rings. The molecule has 0 fully saturated rings. The molecule has 0 heterocycles. The molecule has 0 saturated heterocycles. The summed E-state index contributed by atoms with van der Waals surface area (Å²) in [5.41, 5.74) is 9.91. The fraction of sp³-hybridized carbons (Fsp3) is 0.250. The van der Waals surface area contributed by atoms with Gasteiger partial charge in [-0.15, -0.1) is 0 Å². The highest BCUT2D eigenvalue weighted by molar-refractivity contribution is 5.69. The van der Waals surface area contributed by atoms with Gasteiger partial charge in [0.1, 0.15) is 5.82 Å². The topological polar surface area (TPSA) is 26.0 Å². The predicted molar refractivity (Wildman–Crippen MR) is 75.1 cm³/mol. The van der Waals surface area contributed by atoms with E-state index in [9.17, 15) is 4.39 Å². The van der Waals surface area contributed by atoms with Crippen LogP contribution in [-0.2, 0) is 0 Å². The van der Waals surface area contributed by atoms with Gasteiger partial charge in [-0.25, -0.2) is 4.39 Å². The van der Waals surface area contributed by atoms with Gasteiger partial charge in [-0.1, -0.05) is 38.1 Å². The normalized spacial score (nSPS) is 10.9. The van der Waals surface area contributed by atoms with E-state index in [0.717, 1.165) is 11.1 Å². The van der Waals surface area contributed by atoms with E-state index < -0.39 is 0 Å². The lowest BCUT2D eigenvalue weighted by Gasteiger charge is -2.10. The molecule has 1 nitrogen and oxygen atoms in total. The maximum atomic E-state index is 13.9. The van der Waals surface area contributed by atoms with Crippen molar-refractivity contribution in [3.05, 3.63) is 53.3 Å². The molecule has 94 valence electrons. The molecule has 2 aromatic rings. The van der Waals surface area contributed by atoms with Crippen LogP contribution in [0.25, 0.3) is 11.1 Å². The first-order chi connectivity index (χ1) is 8.49. The quantitative estimate of drug-likeness (QED) is 0.772. The highest BCUT2D eigenvalue weighted by atomic mass is 19.1. The Morgan fingerprint density at radius 2 is 1.67 bits per heavy atom. The van der Waals surface area contributed by atoms with Crippen LogP contribution < -0.4 is 5.73 Å². The zero-order chi connectivity index (χ0) is 13.3. The number of anilines is 1. The molecule has 2 heteroatoms. The molecule has 0 aliphatic carbocycles. The predicted octanol–water partition coefficient (Wildman–Crippen LogP) is 4.51. The zero-order valence-electron chi connectivity index (χ0n) is 11.0. The van der Waals surface area contributed by atoms with Crippen LogP contribution in [0.15, 0.2) is 36.4 Å². The summed E-state index contributed by atoms with van der Waals surface area (Å²) in [6, 6.07) is 11.2. The van der Waals surface area contributed by atoms with Crippen molar-refractivity contribution < 1.29 is 4.39 Å². The van der Waals surface area contributed by atoms with Crippen molar-refractivity contribution in [2.75, 3.05) is 5.73 Å². The van der Waals surface area contributed by atoms with E-state index in [-0.39, 0.29) is 5.82 Å². The molecule has 0 aromatic heterocycles. The zero-order valence-corrected chi connectivity index (χ0v) is 11.0. The van der Waals surface area contributed by atoms with Crippen LogP contribution >= 0.6 is 0 Å². The molecule has 0 unspecified atom stereocenters. The molecule has 0 saturated carbocycles. The third kappa shape index (κ3) is 2.37. The first kappa shape index (κ1) is 12.6. The molecule has 0 aliphatic heterocycles. The summed E-state index contributed by atoms with van der Waals surface area (Å²) in [6.07, 6.45) is 0. The van der Waals surface area contributed by atoms with Gasteiger partial charge in [-0.2, -0.15) is 0 Å².